The number of aromatic nitrogens is 2. The molecule has 0 saturated carbocycles. The van der Waals surface area contributed by atoms with Crippen LogP contribution in [0.3, 0.4) is 0 Å². The molecular weight excluding hydrogens is 260 g/mol. The van der Waals surface area contributed by atoms with Gasteiger partial charge in [-0.05, 0) is 40.2 Å². The van der Waals surface area contributed by atoms with E-state index < -0.39 is 11.6 Å². The minimum Gasteiger partial charge on any atom is -0.331 e. The van der Waals surface area contributed by atoms with Crippen molar-refractivity contribution in [3.63, 3.8) is 0 Å². The third-order valence-corrected chi connectivity index (χ3v) is 3.14. The van der Waals surface area contributed by atoms with Crippen LogP contribution in [0.4, 0.5) is 8.78 Å². The maximum atomic E-state index is 13.3. The molecule has 0 aliphatic carbocycles. The van der Waals surface area contributed by atoms with E-state index in [-0.39, 0.29) is 5.54 Å². The highest BCUT2D eigenvalue weighted by atomic mass is 19.2. The van der Waals surface area contributed by atoms with Gasteiger partial charge < -0.3 is 9.88 Å². The number of unbranched alkanes of at least 4 members (excludes halogenated alkanes) is 1. The largest absolute Gasteiger partial charge is 0.331 e. The molecule has 1 N–H and O–H groups in total. The maximum Gasteiger partial charge on any atom is 0.161 e. The van der Waals surface area contributed by atoms with Crippen LogP contribution < -0.4 is 5.32 Å². The number of nitrogens with zero attached hydrogens (tertiary/aromatic N) is 2. The van der Waals surface area contributed by atoms with Crippen molar-refractivity contribution in [3.8, 4) is 0 Å². The lowest BCUT2D eigenvalue weighted by Gasteiger charge is -2.20. The average Bonchev–Trinajstić information content (AvgIpc) is 2.71. The average molecular weight is 281 g/mol. The van der Waals surface area contributed by atoms with Gasteiger partial charge in [0.1, 0.15) is 0 Å². The Labute approximate surface area is 118 Å². The molecule has 0 saturated heterocycles. The lowest BCUT2D eigenvalue weighted by Crippen LogP contribution is -2.36. The Hall–Kier alpha value is -1.49. The molecule has 1 heterocycles. The lowest BCUT2D eigenvalue weighted by atomic mass is 10.1. The van der Waals surface area contributed by atoms with Crippen LogP contribution in [-0.4, -0.2) is 21.6 Å². The van der Waals surface area contributed by atoms with Gasteiger partial charge in [0.05, 0.1) is 17.4 Å². The zero-order chi connectivity index (χ0) is 14.8. The van der Waals surface area contributed by atoms with Crippen molar-refractivity contribution in [1.82, 2.24) is 14.9 Å². The van der Waals surface area contributed by atoms with E-state index >= 15 is 0 Å². The number of halogens is 2. The lowest BCUT2D eigenvalue weighted by molar-refractivity contribution is 0.414. The number of imidazole rings is 1. The molecule has 0 aliphatic heterocycles. The zero-order valence-electron chi connectivity index (χ0n) is 12.2. The molecule has 1 aromatic heterocycles. The number of benzene rings is 1. The molecule has 3 nitrogen and oxygen atoms in total. The van der Waals surface area contributed by atoms with Crippen molar-refractivity contribution in [2.45, 2.75) is 45.7 Å². The molecule has 0 radical (unpaired) electrons. The highest BCUT2D eigenvalue weighted by molar-refractivity contribution is 5.75. The third kappa shape index (κ3) is 3.76. The number of aryl methyl sites for hydroxylation is 1. The topological polar surface area (TPSA) is 29.9 Å². The van der Waals surface area contributed by atoms with E-state index in [1.165, 1.54) is 6.07 Å². The summed E-state index contributed by atoms with van der Waals surface area (Å²) >= 11 is 0. The van der Waals surface area contributed by atoms with Gasteiger partial charge in [0.15, 0.2) is 11.6 Å². The highest BCUT2D eigenvalue weighted by Gasteiger charge is 2.09. The molecular formula is C15H21F2N3. The molecule has 1 aromatic carbocycles. The van der Waals surface area contributed by atoms with Gasteiger partial charge >= 0.3 is 0 Å². The normalized spacial score (nSPS) is 12.2. The Kier molecular flexibility index (Phi) is 4.38. The summed E-state index contributed by atoms with van der Waals surface area (Å²) in [5, 5.41) is 3.42. The first-order valence-corrected chi connectivity index (χ1v) is 6.92. The second kappa shape index (κ2) is 5.87. The predicted octanol–water partition coefficient (Wildman–Crippen LogP) is 3.48. The Morgan fingerprint density at radius 2 is 1.85 bits per heavy atom. The van der Waals surface area contributed by atoms with E-state index in [0.717, 1.165) is 32.0 Å². The van der Waals surface area contributed by atoms with Gasteiger partial charge in [-0.1, -0.05) is 0 Å². The van der Waals surface area contributed by atoms with E-state index in [4.69, 9.17) is 0 Å². The molecule has 5 heteroatoms. The molecule has 0 fully saturated rings. The SMILES string of the molecule is CC(C)(C)NCCCCn1cnc2cc(F)c(F)cc21. The molecule has 2 aromatic rings. The minimum absolute atomic E-state index is 0.127. The van der Waals surface area contributed by atoms with Crippen molar-refractivity contribution in [3.05, 3.63) is 30.1 Å². The maximum absolute atomic E-state index is 13.3. The van der Waals surface area contributed by atoms with Crippen LogP contribution in [0.5, 0.6) is 0 Å². The summed E-state index contributed by atoms with van der Waals surface area (Å²) in [6, 6.07) is 2.35. The van der Waals surface area contributed by atoms with Crippen LogP contribution in [0, 0.1) is 11.6 Å². The summed E-state index contributed by atoms with van der Waals surface area (Å²) < 4.78 is 28.2. The standard InChI is InChI=1S/C15H21F2N3/c1-15(2,3)19-6-4-5-7-20-10-18-13-8-11(16)12(17)9-14(13)20/h8-10,19H,4-7H2,1-3H3. The highest BCUT2D eigenvalue weighted by Crippen LogP contribution is 2.17. The van der Waals surface area contributed by atoms with Crippen LogP contribution in [0.15, 0.2) is 18.5 Å². The van der Waals surface area contributed by atoms with Crippen LogP contribution in [0.25, 0.3) is 11.0 Å². The first-order valence-electron chi connectivity index (χ1n) is 6.92. The van der Waals surface area contributed by atoms with Gasteiger partial charge in [0.2, 0.25) is 0 Å². The quantitative estimate of drug-likeness (QED) is 0.850. The van der Waals surface area contributed by atoms with E-state index in [1.54, 1.807) is 6.33 Å². The third-order valence-electron chi connectivity index (χ3n) is 3.14. The molecule has 0 spiro atoms. The summed E-state index contributed by atoms with van der Waals surface area (Å²) in [7, 11) is 0. The summed E-state index contributed by atoms with van der Waals surface area (Å²) in [6.45, 7) is 8.10. The Morgan fingerprint density at radius 1 is 1.15 bits per heavy atom. The van der Waals surface area contributed by atoms with Crippen molar-refractivity contribution in [2.24, 2.45) is 0 Å². The molecule has 0 amide bonds. The number of hydrogen-bond donors (Lipinski definition) is 1. The van der Waals surface area contributed by atoms with E-state index in [9.17, 15) is 8.78 Å². The molecule has 2 rings (SSSR count). The van der Waals surface area contributed by atoms with E-state index in [1.807, 2.05) is 4.57 Å². The fourth-order valence-electron chi connectivity index (χ4n) is 2.10. The van der Waals surface area contributed by atoms with Crippen LogP contribution >= 0.6 is 0 Å². The van der Waals surface area contributed by atoms with Gasteiger partial charge in [-0.15, -0.1) is 0 Å². The van der Waals surface area contributed by atoms with E-state index in [2.05, 4.69) is 31.1 Å². The fourth-order valence-corrected chi connectivity index (χ4v) is 2.10. The molecule has 0 atom stereocenters. The molecule has 20 heavy (non-hydrogen) atoms. The van der Waals surface area contributed by atoms with Crippen LogP contribution in [0.2, 0.25) is 0 Å². The first kappa shape index (κ1) is 14.9. The van der Waals surface area contributed by atoms with Crippen molar-refractivity contribution < 1.29 is 8.78 Å². The number of nitrogens with one attached hydrogen (secondary N) is 1. The minimum atomic E-state index is -0.850. The number of fused-ring (bicyclic) bond motifs is 1. The van der Waals surface area contributed by atoms with Gasteiger partial charge in [-0.25, -0.2) is 13.8 Å². The van der Waals surface area contributed by atoms with Gasteiger partial charge in [0.25, 0.3) is 0 Å². The molecule has 0 bridgehead atoms. The molecule has 0 aliphatic rings. The van der Waals surface area contributed by atoms with E-state index in [0.29, 0.717) is 11.0 Å². The summed E-state index contributed by atoms with van der Waals surface area (Å²) in [5.41, 5.74) is 1.27. The first-order chi connectivity index (χ1) is 9.37. The fraction of sp³-hybridized carbons (Fsp3) is 0.533. The Balaban J connectivity index is 1.92. The molecule has 110 valence electrons. The zero-order valence-corrected chi connectivity index (χ0v) is 12.2. The van der Waals surface area contributed by atoms with Gasteiger partial charge in [-0.2, -0.15) is 0 Å². The number of hydrogen-bond acceptors (Lipinski definition) is 2. The second-order valence-corrected chi connectivity index (χ2v) is 6.08. The number of rotatable bonds is 5. The summed E-state index contributed by atoms with van der Waals surface area (Å²) in [5.74, 6) is -1.68. The summed E-state index contributed by atoms with van der Waals surface area (Å²) in [6.07, 6.45) is 3.63. The van der Waals surface area contributed by atoms with Crippen LogP contribution in [0.1, 0.15) is 33.6 Å². The predicted molar refractivity (Wildman–Crippen MR) is 76.6 cm³/mol. The molecule has 0 unspecified atom stereocenters. The van der Waals surface area contributed by atoms with Crippen LogP contribution in [-0.2, 0) is 6.54 Å². The monoisotopic (exact) mass is 281 g/mol. The Bertz CT molecular complexity index is 585. The van der Waals surface area contributed by atoms with Gasteiger partial charge in [-0.3, -0.25) is 0 Å². The van der Waals surface area contributed by atoms with Crippen molar-refractivity contribution in [1.29, 1.82) is 0 Å². The summed E-state index contributed by atoms with van der Waals surface area (Å²) in [4.78, 5) is 4.10. The van der Waals surface area contributed by atoms with Crippen molar-refractivity contribution in [2.75, 3.05) is 6.54 Å². The Morgan fingerprint density at radius 3 is 2.55 bits per heavy atom. The smallest absolute Gasteiger partial charge is 0.161 e. The van der Waals surface area contributed by atoms with Crippen molar-refractivity contribution >= 4 is 11.0 Å². The van der Waals surface area contributed by atoms with Gasteiger partial charge in [0, 0.05) is 24.2 Å². The second-order valence-electron chi connectivity index (χ2n) is 6.08.